The van der Waals surface area contributed by atoms with Crippen molar-refractivity contribution >= 4 is 11.6 Å². The lowest BCUT2D eigenvalue weighted by atomic mass is 9.94. The van der Waals surface area contributed by atoms with Crippen LogP contribution in [0.25, 0.3) is 0 Å². The molecule has 1 aliphatic rings. The van der Waals surface area contributed by atoms with E-state index in [-0.39, 0.29) is 5.91 Å². The van der Waals surface area contributed by atoms with Gasteiger partial charge in [0.2, 0.25) is 5.91 Å². The quantitative estimate of drug-likeness (QED) is 0.860. The smallest absolute Gasteiger partial charge is 0.238 e. The number of amides is 1. The van der Waals surface area contributed by atoms with Crippen LogP contribution in [0.2, 0.25) is 0 Å². The Labute approximate surface area is 125 Å². The molecule has 0 unspecified atom stereocenters. The number of anilines is 1. The molecule has 1 heterocycles. The third-order valence-corrected chi connectivity index (χ3v) is 3.92. The van der Waals surface area contributed by atoms with E-state index in [1.807, 2.05) is 0 Å². The highest BCUT2D eigenvalue weighted by atomic mass is 16.2. The van der Waals surface area contributed by atoms with E-state index in [2.05, 4.69) is 16.3 Å². The van der Waals surface area contributed by atoms with E-state index in [4.69, 9.17) is 11.0 Å². The zero-order chi connectivity index (χ0) is 15.1. The minimum absolute atomic E-state index is 0.0256. The topological polar surface area (TPSA) is 82.2 Å². The Bertz CT molecular complexity index is 515. The summed E-state index contributed by atoms with van der Waals surface area (Å²) in [5, 5.41) is 11.7. The van der Waals surface area contributed by atoms with Crippen molar-refractivity contribution in [1.29, 1.82) is 5.26 Å². The molecule has 0 bridgehead atoms. The van der Waals surface area contributed by atoms with E-state index >= 15 is 0 Å². The first-order valence-corrected chi connectivity index (χ1v) is 7.43. The monoisotopic (exact) mass is 286 g/mol. The average Bonchev–Trinajstić information content (AvgIpc) is 2.49. The zero-order valence-corrected chi connectivity index (χ0v) is 12.2. The molecule has 0 spiro atoms. The van der Waals surface area contributed by atoms with Crippen LogP contribution in [0.3, 0.4) is 0 Å². The minimum atomic E-state index is -0.0256. The fourth-order valence-corrected chi connectivity index (χ4v) is 2.74. The average molecular weight is 286 g/mol. The molecule has 2 rings (SSSR count). The number of hydrogen-bond acceptors (Lipinski definition) is 4. The predicted octanol–water partition coefficient (Wildman–Crippen LogP) is 1.56. The van der Waals surface area contributed by atoms with Crippen LogP contribution in [0, 0.1) is 17.2 Å². The molecule has 1 fully saturated rings. The summed E-state index contributed by atoms with van der Waals surface area (Å²) < 4.78 is 0. The maximum Gasteiger partial charge on any atom is 0.238 e. The highest BCUT2D eigenvalue weighted by molar-refractivity contribution is 5.92. The van der Waals surface area contributed by atoms with Gasteiger partial charge in [0.05, 0.1) is 18.2 Å². The van der Waals surface area contributed by atoms with Gasteiger partial charge in [0.1, 0.15) is 0 Å². The van der Waals surface area contributed by atoms with Crippen molar-refractivity contribution in [3.63, 3.8) is 0 Å². The van der Waals surface area contributed by atoms with Crippen LogP contribution in [-0.2, 0) is 4.79 Å². The van der Waals surface area contributed by atoms with E-state index in [0.29, 0.717) is 23.7 Å². The van der Waals surface area contributed by atoms with Crippen LogP contribution < -0.4 is 11.1 Å². The largest absolute Gasteiger partial charge is 0.330 e. The number of carbonyl (C=O) groups is 1. The fourth-order valence-electron chi connectivity index (χ4n) is 2.74. The second-order valence-electron chi connectivity index (χ2n) is 5.54. The molecular weight excluding hydrogens is 264 g/mol. The molecule has 0 aromatic heterocycles. The number of nitrogens with zero attached hydrogens (tertiary/aromatic N) is 2. The van der Waals surface area contributed by atoms with Gasteiger partial charge in [0, 0.05) is 5.69 Å². The third kappa shape index (κ3) is 4.85. The van der Waals surface area contributed by atoms with Gasteiger partial charge in [-0.1, -0.05) is 6.07 Å². The summed E-state index contributed by atoms with van der Waals surface area (Å²) in [5.41, 5.74) is 6.81. The summed E-state index contributed by atoms with van der Waals surface area (Å²) in [6, 6.07) is 9.04. The maximum atomic E-state index is 12.0. The molecule has 21 heavy (non-hydrogen) atoms. The number of nitrogens with one attached hydrogen (secondary N) is 1. The Morgan fingerprint density at radius 1 is 1.43 bits per heavy atom. The fraction of sp³-hybridized carbons (Fsp3) is 0.500. The molecule has 0 radical (unpaired) electrons. The third-order valence-electron chi connectivity index (χ3n) is 3.92. The van der Waals surface area contributed by atoms with Crippen LogP contribution in [-0.4, -0.2) is 37.0 Å². The van der Waals surface area contributed by atoms with Crippen LogP contribution in [0.15, 0.2) is 24.3 Å². The van der Waals surface area contributed by atoms with Gasteiger partial charge >= 0.3 is 0 Å². The van der Waals surface area contributed by atoms with Crippen molar-refractivity contribution in [2.75, 3.05) is 31.5 Å². The lowest BCUT2D eigenvalue weighted by molar-refractivity contribution is -0.117. The molecule has 0 aliphatic carbocycles. The van der Waals surface area contributed by atoms with Gasteiger partial charge in [-0.3, -0.25) is 9.69 Å². The predicted molar refractivity (Wildman–Crippen MR) is 82.6 cm³/mol. The lowest BCUT2D eigenvalue weighted by Crippen LogP contribution is -2.39. The summed E-state index contributed by atoms with van der Waals surface area (Å²) in [5.74, 6) is 0.684. The standard InChI is InChI=1S/C16H22N4O/c17-7-4-13-5-8-20(9-6-13)12-16(21)19-15-3-1-2-14(10-15)11-18/h1-3,10,13H,4-9,12,17H2,(H,19,21). The Morgan fingerprint density at radius 3 is 2.86 bits per heavy atom. The molecular formula is C16H22N4O. The first kappa shape index (κ1) is 15.5. The van der Waals surface area contributed by atoms with E-state index in [9.17, 15) is 4.79 Å². The van der Waals surface area contributed by atoms with Gasteiger partial charge in [-0.05, 0) is 63.0 Å². The number of nitriles is 1. The molecule has 5 nitrogen and oxygen atoms in total. The normalized spacial score (nSPS) is 16.4. The molecule has 112 valence electrons. The summed E-state index contributed by atoms with van der Waals surface area (Å²) in [6.45, 7) is 3.07. The van der Waals surface area contributed by atoms with Crippen molar-refractivity contribution < 1.29 is 4.79 Å². The maximum absolute atomic E-state index is 12.0. The van der Waals surface area contributed by atoms with Crippen LogP contribution in [0.5, 0.6) is 0 Å². The molecule has 1 aliphatic heterocycles. The second-order valence-corrected chi connectivity index (χ2v) is 5.54. The number of benzene rings is 1. The molecule has 5 heteroatoms. The lowest BCUT2D eigenvalue weighted by Gasteiger charge is -2.31. The summed E-state index contributed by atoms with van der Waals surface area (Å²) in [7, 11) is 0. The van der Waals surface area contributed by atoms with Crippen molar-refractivity contribution in [3.05, 3.63) is 29.8 Å². The number of hydrogen-bond donors (Lipinski definition) is 2. The number of likely N-dealkylation sites (tertiary alicyclic amines) is 1. The molecule has 1 saturated heterocycles. The molecule has 1 amide bonds. The second kappa shape index (κ2) is 7.77. The van der Waals surface area contributed by atoms with Crippen LogP contribution in [0.1, 0.15) is 24.8 Å². The molecule has 0 saturated carbocycles. The first-order valence-electron chi connectivity index (χ1n) is 7.43. The van der Waals surface area contributed by atoms with Gasteiger partial charge in [0.15, 0.2) is 0 Å². The van der Waals surface area contributed by atoms with E-state index in [0.717, 1.165) is 38.9 Å². The summed E-state index contributed by atoms with van der Waals surface area (Å²) in [6.07, 6.45) is 3.32. The van der Waals surface area contributed by atoms with Gasteiger partial charge in [-0.25, -0.2) is 0 Å². The van der Waals surface area contributed by atoms with E-state index in [1.54, 1.807) is 24.3 Å². The Morgan fingerprint density at radius 2 is 2.19 bits per heavy atom. The molecule has 3 N–H and O–H groups in total. The van der Waals surface area contributed by atoms with Crippen molar-refractivity contribution in [1.82, 2.24) is 4.90 Å². The highest BCUT2D eigenvalue weighted by Crippen LogP contribution is 2.19. The van der Waals surface area contributed by atoms with Gasteiger partial charge in [0.25, 0.3) is 0 Å². The van der Waals surface area contributed by atoms with Crippen molar-refractivity contribution in [2.45, 2.75) is 19.3 Å². The summed E-state index contributed by atoms with van der Waals surface area (Å²) >= 11 is 0. The Balaban J connectivity index is 1.79. The number of carbonyl (C=O) groups excluding carboxylic acids is 1. The highest BCUT2D eigenvalue weighted by Gasteiger charge is 2.20. The van der Waals surface area contributed by atoms with E-state index < -0.39 is 0 Å². The SMILES string of the molecule is N#Cc1cccc(NC(=O)CN2CCC(CCN)CC2)c1. The Hall–Kier alpha value is -1.90. The molecule has 0 atom stereocenters. The number of piperidine rings is 1. The number of nitrogens with two attached hydrogens (primary N) is 1. The molecule has 1 aromatic carbocycles. The molecule has 1 aromatic rings. The van der Waals surface area contributed by atoms with Gasteiger partial charge < -0.3 is 11.1 Å². The van der Waals surface area contributed by atoms with Crippen molar-refractivity contribution in [3.8, 4) is 6.07 Å². The van der Waals surface area contributed by atoms with Gasteiger partial charge in [-0.2, -0.15) is 5.26 Å². The van der Waals surface area contributed by atoms with E-state index in [1.165, 1.54) is 0 Å². The van der Waals surface area contributed by atoms with Gasteiger partial charge in [-0.15, -0.1) is 0 Å². The number of rotatable bonds is 5. The van der Waals surface area contributed by atoms with Crippen LogP contribution >= 0.6 is 0 Å². The Kier molecular flexibility index (Phi) is 5.73. The first-order chi connectivity index (χ1) is 10.2. The summed E-state index contributed by atoms with van der Waals surface area (Å²) in [4.78, 5) is 14.2. The zero-order valence-electron chi connectivity index (χ0n) is 12.2. The van der Waals surface area contributed by atoms with Crippen molar-refractivity contribution in [2.24, 2.45) is 11.7 Å². The van der Waals surface area contributed by atoms with Crippen LogP contribution in [0.4, 0.5) is 5.69 Å². The minimum Gasteiger partial charge on any atom is -0.330 e.